The van der Waals surface area contributed by atoms with Crippen molar-refractivity contribution in [2.75, 3.05) is 20.3 Å². The van der Waals surface area contributed by atoms with Crippen LogP contribution in [0, 0.1) is 3.70 Å². The van der Waals surface area contributed by atoms with Gasteiger partial charge in [-0.25, -0.2) is 9.59 Å². The van der Waals surface area contributed by atoms with Crippen molar-refractivity contribution in [1.82, 2.24) is 4.98 Å². The molecule has 1 N–H and O–H groups in total. The molecule has 0 aliphatic rings. The third-order valence-corrected chi connectivity index (χ3v) is 4.10. The van der Waals surface area contributed by atoms with Crippen LogP contribution in [0.3, 0.4) is 0 Å². The maximum absolute atomic E-state index is 12.4. The number of aromatic amines is 1. The fourth-order valence-corrected chi connectivity index (χ4v) is 3.03. The van der Waals surface area contributed by atoms with Gasteiger partial charge in [-0.15, -0.1) is 0 Å². The predicted molar refractivity (Wildman–Crippen MR) is 97.4 cm³/mol. The summed E-state index contributed by atoms with van der Waals surface area (Å²) < 4.78 is 15.9. The molecule has 0 amide bonds. The number of esters is 2. The molecule has 24 heavy (non-hydrogen) atoms. The van der Waals surface area contributed by atoms with Crippen molar-refractivity contribution >= 4 is 34.5 Å². The minimum atomic E-state index is -0.517. The van der Waals surface area contributed by atoms with Gasteiger partial charge in [-0.2, -0.15) is 0 Å². The van der Waals surface area contributed by atoms with Gasteiger partial charge in [0.2, 0.25) is 0 Å². The van der Waals surface area contributed by atoms with Crippen LogP contribution in [0.5, 0.6) is 5.75 Å². The van der Waals surface area contributed by atoms with Gasteiger partial charge < -0.3 is 19.2 Å². The van der Waals surface area contributed by atoms with Gasteiger partial charge in [0.05, 0.1) is 29.6 Å². The van der Waals surface area contributed by atoms with E-state index in [1.54, 1.807) is 45.2 Å². The van der Waals surface area contributed by atoms with E-state index in [0.29, 0.717) is 26.1 Å². The summed E-state index contributed by atoms with van der Waals surface area (Å²) in [6.45, 7) is 3.95. The molecular weight excluding hydrogens is 425 g/mol. The Labute approximate surface area is 153 Å². The van der Waals surface area contributed by atoms with Crippen LogP contribution in [0.15, 0.2) is 24.3 Å². The third kappa shape index (κ3) is 3.72. The molecule has 6 nitrogen and oxygen atoms in total. The van der Waals surface area contributed by atoms with Crippen LogP contribution >= 0.6 is 22.6 Å². The molecule has 1 aromatic carbocycles. The Balaban J connectivity index is 2.62. The molecule has 0 unspecified atom stereocenters. The maximum Gasteiger partial charge on any atom is 0.355 e. The predicted octanol–water partition coefficient (Wildman–Crippen LogP) is 3.65. The van der Waals surface area contributed by atoms with Gasteiger partial charge in [0, 0.05) is 5.56 Å². The van der Waals surface area contributed by atoms with Gasteiger partial charge in [-0.05, 0) is 54.1 Å². The molecule has 0 saturated heterocycles. The third-order valence-electron chi connectivity index (χ3n) is 3.29. The first-order valence-electron chi connectivity index (χ1n) is 7.43. The van der Waals surface area contributed by atoms with E-state index in [1.165, 1.54) is 0 Å². The second kappa shape index (κ2) is 8.18. The molecule has 0 bridgehead atoms. The van der Waals surface area contributed by atoms with Crippen molar-refractivity contribution in [3.8, 4) is 16.9 Å². The van der Waals surface area contributed by atoms with Gasteiger partial charge in [0.25, 0.3) is 0 Å². The number of aromatic nitrogens is 1. The van der Waals surface area contributed by atoms with E-state index >= 15 is 0 Å². The van der Waals surface area contributed by atoms with Crippen molar-refractivity contribution in [2.24, 2.45) is 0 Å². The van der Waals surface area contributed by atoms with Gasteiger partial charge in [0.1, 0.15) is 11.4 Å². The van der Waals surface area contributed by atoms with Crippen molar-refractivity contribution in [3.05, 3.63) is 39.2 Å². The molecule has 1 heterocycles. The number of carbonyl (C=O) groups is 2. The van der Waals surface area contributed by atoms with Gasteiger partial charge in [0.15, 0.2) is 0 Å². The summed E-state index contributed by atoms with van der Waals surface area (Å²) in [5, 5.41) is 0. The van der Waals surface area contributed by atoms with Gasteiger partial charge in [-0.1, -0.05) is 12.1 Å². The minimum absolute atomic E-state index is 0.231. The van der Waals surface area contributed by atoms with Crippen LogP contribution in [0.2, 0.25) is 0 Å². The summed E-state index contributed by atoms with van der Waals surface area (Å²) in [5.74, 6) is -0.323. The number of hydrogen-bond acceptors (Lipinski definition) is 5. The van der Waals surface area contributed by atoms with Crippen molar-refractivity contribution in [1.29, 1.82) is 0 Å². The summed E-state index contributed by atoms with van der Waals surface area (Å²) in [6.07, 6.45) is 0. The van der Waals surface area contributed by atoms with E-state index < -0.39 is 11.9 Å². The van der Waals surface area contributed by atoms with Crippen LogP contribution in [0.1, 0.15) is 34.7 Å². The second-order valence-corrected chi connectivity index (χ2v) is 5.81. The normalized spacial score (nSPS) is 10.3. The van der Waals surface area contributed by atoms with Crippen molar-refractivity contribution in [3.63, 3.8) is 0 Å². The zero-order chi connectivity index (χ0) is 17.7. The molecule has 0 radical (unpaired) electrons. The number of carbonyl (C=O) groups excluding carboxylic acids is 2. The highest BCUT2D eigenvalue weighted by Gasteiger charge is 2.28. The quantitative estimate of drug-likeness (QED) is 0.545. The Morgan fingerprint density at radius 3 is 2.17 bits per heavy atom. The largest absolute Gasteiger partial charge is 0.497 e. The van der Waals surface area contributed by atoms with Crippen LogP contribution in [0.25, 0.3) is 11.1 Å². The van der Waals surface area contributed by atoms with Gasteiger partial charge >= 0.3 is 11.9 Å². The van der Waals surface area contributed by atoms with E-state index in [-0.39, 0.29) is 18.9 Å². The van der Waals surface area contributed by atoms with E-state index in [1.807, 2.05) is 22.6 Å². The summed E-state index contributed by atoms with van der Waals surface area (Å²) in [4.78, 5) is 27.6. The van der Waals surface area contributed by atoms with Gasteiger partial charge in [-0.3, -0.25) is 0 Å². The molecule has 128 valence electrons. The highest BCUT2D eigenvalue weighted by atomic mass is 127. The molecule has 2 aromatic rings. The fraction of sp³-hybridized carbons (Fsp3) is 0.294. The second-order valence-electron chi connectivity index (χ2n) is 4.73. The summed E-state index contributed by atoms with van der Waals surface area (Å²) in [7, 11) is 1.57. The van der Waals surface area contributed by atoms with E-state index in [0.717, 1.165) is 0 Å². The number of ether oxygens (including phenoxy) is 3. The zero-order valence-electron chi connectivity index (χ0n) is 13.6. The van der Waals surface area contributed by atoms with Crippen LogP contribution in [-0.2, 0) is 9.47 Å². The topological polar surface area (TPSA) is 77.6 Å². The van der Waals surface area contributed by atoms with Crippen LogP contribution < -0.4 is 4.74 Å². The lowest BCUT2D eigenvalue weighted by Crippen LogP contribution is -2.09. The lowest BCUT2D eigenvalue weighted by Gasteiger charge is -2.08. The average Bonchev–Trinajstić information content (AvgIpc) is 2.93. The summed E-state index contributed by atoms with van der Waals surface area (Å²) in [6, 6.07) is 7.09. The first-order chi connectivity index (χ1) is 11.5. The van der Waals surface area contributed by atoms with E-state index in [4.69, 9.17) is 14.2 Å². The highest BCUT2D eigenvalue weighted by molar-refractivity contribution is 14.1. The first-order valence-corrected chi connectivity index (χ1v) is 8.51. The van der Waals surface area contributed by atoms with Crippen molar-refractivity contribution < 1.29 is 23.8 Å². The number of rotatable bonds is 6. The lowest BCUT2D eigenvalue weighted by atomic mass is 10.0. The van der Waals surface area contributed by atoms with Crippen LogP contribution in [-0.4, -0.2) is 37.2 Å². The lowest BCUT2D eigenvalue weighted by molar-refractivity contribution is 0.0518. The molecule has 7 heteroatoms. The standard InChI is InChI=1S/C17H18INO5/c1-4-23-16(20)13-12(10-6-8-11(22-3)9-7-10)14(19-15(13)18)17(21)24-5-2/h6-9,19H,4-5H2,1-3H3. The maximum atomic E-state index is 12.4. The monoisotopic (exact) mass is 443 g/mol. The molecule has 0 aliphatic heterocycles. The van der Waals surface area contributed by atoms with Crippen molar-refractivity contribution in [2.45, 2.75) is 13.8 Å². The molecular formula is C17H18INO5. The fourth-order valence-electron chi connectivity index (χ4n) is 2.27. The highest BCUT2D eigenvalue weighted by Crippen LogP contribution is 2.33. The number of H-pyrrole nitrogens is 1. The minimum Gasteiger partial charge on any atom is -0.497 e. The molecule has 0 spiro atoms. The number of halogens is 1. The number of benzene rings is 1. The van der Waals surface area contributed by atoms with E-state index in [2.05, 4.69) is 4.98 Å². The molecule has 2 rings (SSSR count). The Hall–Kier alpha value is -2.03. The Kier molecular flexibility index (Phi) is 6.24. The number of nitrogens with one attached hydrogen (secondary N) is 1. The molecule has 0 fully saturated rings. The smallest absolute Gasteiger partial charge is 0.355 e. The first kappa shape index (κ1) is 18.3. The molecule has 0 atom stereocenters. The zero-order valence-corrected chi connectivity index (χ0v) is 15.8. The Morgan fingerprint density at radius 1 is 1.04 bits per heavy atom. The summed E-state index contributed by atoms with van der Waals surface area (Å²) >= 11 is 1.98. The number of methoxy groups -OCH3 is 1. The SMILES string of the molecule is CCOC(=O)c1[nH]c(I)c(C(=O)OCC)c1-c1ccc(OC)cc1. The summed E-state index contributed by atoms with van der Waals surface area (Å²) in [5.41, 5.74) is 1.72. The molecule has 0 aliphatic carbocycles. The Morgan fingerprint density at radius 2 is 1.62 bits per heavy atom. The van der Waals surface area contributed by atoms with Crippen LogP contribution in [0.4, 0.5) is 0 Å². The number of hydrogen-bond donors (Lipinski definition) is 1. The Bertz CT molecular complexity index is 736. The molecule has 0 saturated carbocycles. The van der Waals surface area contributed by atoms with E-state index in [9.17, 15) is 9.59 Å². The molecule has 1 aromatic heterocycles. The average molecular weight is 443 g/mol.